The second-order valence-corrected chi connectivity index (χ2v) is 3.41. The summed E-state index contributed by atoms with van der Waals surface area (Å²) in [5.41, 5.74) is 0.516. The lowest BCUT2D eigenvalue weighted by atomic mass is 10.2. The largest absolute Gasteiger partial charge is 0.481 e. The number of aliphatic hydroxyl groups is 1. The Morgan fingerprint density at radius 1 is 1.40 bits per heavy atom. The lowest BCUT2D eigenvalue weighted by Crippen LogP contribution is -1.94. The van der Waals surface area contributed by atoms with Crippen molar-refractivity contribution in [2.75, 3.05) is 13.2 Å². The van der Waals surface area contributed by atoms with Gasteiger partial charge in [0.2, 0.25) is 0 Å². The third-order valence-corrected chi connectivity index (χ3v) is 2.26. The zero-order valence-electron chi connectivity index (χ0n) is 7.83. The van der Waals surface area contributed by atoms with Gasteiger partial charge in [-0.2, -0.15) is 5.26 Å². The van der Waals surface area contributed by atoms with Gasteiger partial charge < -0.3 is 9.84 Å². The van der Waals surface area contributed by atoms with Crippen LogP contribution in [0.4, 0.5) is 0 Å². The molecular weight excluding hydrogens is 258 g/mol. The van der Waals surface area contributed by atoms with Gasteiger partial charge >= 0.3 is 0 Å². The Bertz CT molecular complexity index is 440. The first-order valence-corrected chi connectivity index (χ1v) is 4.96. The van der Waals surface area contributed by atoms with Crippen molar-refractivity contribution < 1.29 is 9.84 Å². The minimum atomic E-state index is -0.173. The standard InChI is InChI=1S/C11H8BrNO2/c12-11-4-3-10(7-9(11)8-13)15-6-2-1-5-14/h3-4,7,14H,5-6H2. The number of hydrogen-bond donors (Lipinski definition) is 1. The van der Waals surface area contributed by atoms with Gasteiger partial charge in [0, 0.05) is 4.47 Å². The topological polar surface area (TPSA) is 53.2 Å². The summed E-state index contributed by atoms with van der Waals surface area (Å²) in [5, 5.41) is 17.2. The summed E-state index contributed by atoms with van der Waals surface area (Å²) in [7, 11) is 0. The summed E-state index contributed by atoms with van der Waals surface area (Å²) in [6.45, 7) is 0.0280. The van der Waals surface area contributed by atoms with E-state index in [0.29, 0.717) is 11.3 Å². The van der Waals surface area contributed by atoms with Crippen LogP contribution in [0.15, 0.2) is 22.7 Å². The second kappa shape index (κ2) is 6.08. The first-order valence-electron chi connectivity index (χ1n) is 4.17. The van der Waals surface area contributed by atoms with E-state index in [-0.39, 0.29) is 13.2 Å². The van der Waals surface area contributed by atoms with Gasteiger partial charge in [-0.3, -0.25) is 0 Å². The number of halogens is 1. The Labute approximate surface area is 96.4 Å². The molecule has 0 saturated carbocycles. The Kier molecular flexibility index (Phi) is 4.70. The molecule has 0 saturated heterocycles. The highest BCUT2D eigenvalue weighted by Gasteiger charge is 2.00. The van der Waals surface area contributed by atoms with Crippen molar-refractivity contribution >= 4 is 15.9 Å². The molecule has 1 rings (SSSR count). The van der Waals surface area contributed by atoms with E-state index in [2.05, 4.69) is 27.8 Å². The van der Waals surface area contributed by atoms with E-state index in [1.165, 1.54) is 0 Å². The number of ether oxygens (including phenoxy) is 1. The molecule has 0 amide bonds. The fourth-order valence-electron chi connectivity index (χ4n) is 0.906. The van der Waals surface area contributed by atoms with Crippen molar-refractivity contribution in [3.8, 4) is 23.7 Å². The van der Waals surface area contributed by atoms with Crippen LogP contribution in [0.25, 0.3) is 0 Å². The van der Waals surface area contributed by atoms with Gasteiger partial charge in [-0.25, -0.2) is 0 Å². The minimum Gasteiger partial charge on any atom is -0.481 e. The average Bonchev–Trinajstić information content (AvgIpc) is 2.26. The van der Waals surface area contributed by atoms with Crippen molar-refractivity contribution in [3.63, 3.8) is 0 Å². The average molecular weight is 266 g/mol. The van der Waals surface area contributed by atoms with Crippen LogP contribution in [0.1, 0.15) is 5.56 Å². The molecule has 1 N–H and O–H groups in total. The summed E-state index contributed by atoms with van der Waals surface area (Å²) < 4.78 is 5.98. The maximum atomic E-state index is 8.76. The van der Waals surface area contributed by atoms with Gasteiger partial charge in [0.25, 0.3) is 0 Å². The van der Waals surface area contributed by atoms with Crippen LogP contribution in [0.3, 0.4) is 0 Å². The van der Waals surface area contributed by atoms with Crippen LogP contribution in [0.5, 0.6) is 5.75 Å². The van der Waals surface area contributed by atoms with E-state index >= 15 is 0 Å². The third-order valence-electron chi connectivity index (χ3n) is 1.57. The smallest absolute Gasteiger partial charge is 0.149 e. The molecule has 0 unspecified atom stereocenters. The molecule has 0 fully saturated rings. The Balaban J connectivity index is 2.67. The lowest BCUT2D eigenvalue weighted by Gasteiger charge is -2.02. The summed E-state index contributed by atoms with van der Waals surface area (Å²) in [4.78, 5) is 0. The van der Waals surface area contributed by atoms with Crippen LogP contribution < -0.4 is 4.74 Å². The van der Waals surface area contributed by atoms with Crippen molar-refractivity contribution in [2.45, 2.75) is 0 Å². The van der Waals surface area contributed by atoms with E-state index in [1.807, 2.05) is 6.07 Å². The molecule has 0 aliphatic rings. The SMILES string of the molecule is N#Cc1cc(OCC#CCO)ccc1Br. The number of nitriles is 1. The predicted molar refractivity (Wildman–Crippen MR) is 59.2 cm³/mol. The fourth-order valence-corrected chi connectivity index (χ4v) is 1.24. The molecule has 0 aliphatic carbocycles. The molecule has 76 valence electrons. The molecule has 0 heterocycles. The molecule has 3 nitrogen and oxygen atoms in total. The second-order valence-electron chi connectivity index (χ2n) is 2.55. The predicted octanol–water partition coefficient (Wildman–Crippen LogP) is 1.70. The zero-order valence-corrected chi connectivity index (χ0v) is 9.41. The highest BCUT2D eigenvalue weighted by molar-refractivity contribution is 9.10. The lowest BCUT2D eigenvalue weighted by molar-refractivity contribution is 0.347. The molecular formula is C11H8BrNO2. The van der Waals surface area contributed by atoms with Gasteiger partial charge in [-0.1, -0.05) is 11.8 Å². The van der Waals surface area contributed by atoms with Crippen molar-refractivity contribution in [2.24, 2.45) is 0 Å². The highest BCUT2D eigenvalue weighted by atomic mass is 79.9. The Hall–Kier alpha value is -1.49. The van der Waals surface area contributed by atoms with E-state index in [4.69, 9.17) is 15.1 Å². The van der Waals surface area contributed by atoms with Gasteiger partial charge in [0.05, 0.1) is 5.56 Å². The minimum absolute atomic E-state index is 0.173. The maximum Gasteiger partial charge on any atom is 0.149 e. The highest BCUT2D eigenvalue weighted by Crippen LogP contribution is 2.21. The Morgan fingerprint density at radius 2 is 2.20 bits per heavy atom. The Morgan fingerprint density at radius 3 is 2.87 bits per heavy atom. The number of rotatable bonds is 2. The van der Waals surface area contributed by atoms with Crippen molar-refractivity contribution in [1.82, 2.24) is 0 Å². The van der Waals surface area contributed by atoms with Gasteiger partial charge in [-0.05, 0) is 34.1 Å². The van der Waals surface area contributed by atoms with Crippen LogP contribution >= 0.6 is 15.9 Å². The summed E-state index contributed by atoms with van der Waals surface area (Å²) >= 11 is 3.24. The first kappa shape index (κ1) is 11.6. The normalized spacial score (nSPS) is 8.60. The van der Waals surface area contributed by atoms with Gasteiger partial charge in [-0.15, -0.1) is 0 Å². The summed E-state index contributed by atoms with van der Waals surface area (Å²) in [6, 6.07) is 7.15. The molecule has 0 aromatic heterocycles. The molecule has 4 heteroatoms. The third kappa shape index (κ3) is 3.63. The van der Waals surface area contributed by atoms with Crippen molar-refractivity contribution in [3.05, 3.63) is 28.2 Å². The van der Waals surface area contributed by atoms with Crippen LogP contribution in [-0.4, -0.2) is 18.3 Å². The summed E-state index contributed by atoms with van der Waals surface area (Å²) in [5.74, 6) is 5.67. The van der Waals surface area contributed by atoms with E-state index in [0.717, 1.165) is 4.47 Å². The summed E-state index contributed by atoms with van der Waals surface area (Å²) in [6.07, 6.45) is 0. The molecule has 0 aliphatic heterocycles. The van der Waals surface area contributed by atoms with Crippen molar-refractivity contribution in [1.29, 1.82) is 5.26 Å². The molecule has 0 spiro atoms. The molecule has 0 bridgehead atoms. The number of aliphatic hydroxyl groups excluding tert-OH is 1. The zero-order chi connectivity index (χ0) is 11.1. The molecule has 1 aromatic carbocycles. The number of benzene rings is 1. The van der Waals surface area contributed by atoms with Crippen LogP contribution in [0, 0.1) is 23.2 Å². The maximum absolute atomic E-state index is 8.76. The van der Waals surface area contributed by atoms with E-state index < -0.39 is 0 Å². The number of nitrogens with zero attached hydrogens (tertiary/aromatic N) is 1. The molecule has 0 radical (unpaired) electrons. The van der Waals surface area contributed by atoms with E-state index in [1.54, 1.807) is 18.2 Å². The monoisotopic (exact) mass is 265 g/mol. The van der Waals surface area contributed by atoms with Gasteiger partial charge in [0.15, 0.2) is 0 Å². The molecule has 15 heavy (non-hydrogen) atoms. The van der Waals surface area contributed by atoms with Crippen LogP contribution in [-0.2, 0) is 0 Å². The molecule has 1 aromatic rings. The number of hydrogen-bond acceptors (Lipinski definition) is 3. The van der Waals surface area contributed by atoms with E-state index in [9.17, 15) is 0 Å². The van der Waals surface area contributed by atoms with Gasteiger partial charge in [0.1, 0.15) is 25.0 Å². The fraction of sp³-hybridized carbons (Fsp3) is 0.182. The quantitative estimate of drug-likeness (QED) is 0.829. The first-order chi connectivity index (χ1) is 7.27. The molecule has 0 atom stereocenters. The van der Waals surface area contributed by atoms with Crippen LogP contribution in [0.2, 0.25) is 0 Å².